The molecule has 0 aliphatic heterocycles. The quantitative estimate of drug-likeness (QED) is 0.544. The van der Waals surface area contributed by atoms with Crippen LogP contribution < -0.4 is 4.72 Å². The van der Waals surface area contributed by atoms with Crippen LogP contribution in [0.4, 0.5) is 0 Å². The number of hydrogen-bond donors (Lipinski definition) is 2. The number of carbonyl (C=O) groups excluding carboxylic acids is 1. The van der Waals surface area contributed by atoms with Gasteiger partial charge in [0.2, 0.25) is 15.9 Å². The van der Waals surface area contributed by atoms with Gasteiger partial charge in [-0.15, -0.1) is 0 Å². The molecule has 21 heavy (non-hydrogen) atoms. The number of carbonyl (C=O) groups is 2. The topological polar surface area (TPSA) is 107 Å². The van der Waals surface area contributed by atoms with Gasteiger partial charge in [0, 0.05) is 13.1 Å². The van der Waals surface area contributed by atoms with E-state index in [0.717, 1.165) is 4.90 Å². The SMILES string of the molecule is CCCS(=O)(=O)NC(C)C(=O)N(CCN(C)C)CC(=O)O. The molecule has 1 unspecified atom stereocenters. The highest BCUT2D eigenvalue weighted by atomic mass is 32.2. The van der Waals surface area contributed by atoms with E-state index in [-0.39, 0.29) is 12.3 Å². The van der Waals surface area contributed by atoms with E-state index in [1.165, 1.54) is 6.92 Å². The Kier molecular flexibility index (Phi) is 8.45. The van der Waals surface area contributed by atoms with Crippen LogP contribution in [0, 0.1) is 0 Å². The molecular weight excluding hydrogens is 298 g/mol. The Hall–Kier alpha value is -1.19. The van der Waals surface area contributed by atoms with Gasteiger partial charge in [0.05, 0.1) is 11.8 Å². The van der Waals surface area contributed by atoms with Crippen LogP contribution in [0.25, 0.3) is 0 Å². The van der Waals surface area contributed by atoms with Crippen LogP contribution in [0.5, 0.6) is 0 Å². The zero-order chi connectivity index (χ0) is 16.6. The minimum Gasteiger partial charge on any atom is -0.480 e. The largest absolute Gasteiger partial charge is 0.480 e. The van der Waals surface area contributed by atoms with Gasteiger partial charge in [-0.2, -0.15) is 0 Å². The van der Waals surface area contributed by atoms with E-state index in [1.54, 1.807) is 21.0 Å². The summed E-state index contributed by atoms with van der Waals surface area (Å²) in [5, 5.41) is 8.85. The average molecular weight is 323 g/mol. The van der Waals surface area contributed by atoms with Crippen molar-refractivity contribution in [1.29, 1.82) is 0 Å². The third-order valence-electron chi connectivity index (χ3n) is 2.65. The van der Waals surface area contributed by atoms with Gasteiger partial charge in [0.15, 0.2) is 0 Å². The number of aliphatic carboxylic acids is 1. The van der Waals surface area contributed by atoms with Crippen LogP contribution in [-0.4, -0.2) is 80.7 Å². The van der Waals surface area contributed by atoms with Crippen molar-refractivity contribution < 1.29 is 23.1 Å². The first-order valence-electron chi connectivity index (χ1n) is 6.74. The Morgan fingerprint density at radius 3 is 2.24 bits per heavy atom. The van der Waals surface area contributed by atoms with Gasteiger partial charge in [-0.1, -0.05) is 6.92 Å². The van der Waals surface area contributed by atoms with Gasteiger partial charge >= 0.3 is 5.97 Å². The molecule has 1 amide bonds. The molecule has 0 aromatic carbocycles. The molecule has 0 heterocycles. The van der Waals surface area contributed by atoms with E-state index >= 15 is 0 Å². The maximum absolute atomic E-state index is 12.2. The van der Waals surface area contributed by atoms with Gasteiger partial charge in [-0.05, 0) is 27.4 Å². The van der Waals surface area contributed by atoms with E-state index in [0.29, 0.717) is 13.0 Å². The van der Waals surface area contributed by atoms with E-state index < -0.39 is 34.5 Å². The van der Waals surface area contributed by atoms with E-state index in [9.17, 15) is 18.0 Å². The number of likely N-dealkylation sites (N-methyl/N-ethyl adjacent to an activating group) is 1. The standard InChI is InChI=1S/C12H25N3O5S/c1-5-8-21(19,20)13-10(2)12(18)15(9-11(16)17)7-6-14(3)4/h10,13H,5-9H2,1-4H3,(H,16,17). The molecule has 0 radical (unpaired) electrons. The van der Waals surface area contributed by atoms with Gasteiger partial charge in [0.1, 0.15) is 6.54 Å². The molecular formula is C12H25N3O5S. The van der Waals surface area contributed by atoms with Crippen molar-refractivity contribution in [3.63, 3.8) is 0 Å². The summed E-state index contributed by atoms with van der Waals surface area (Å²) in [6, 6.07) is -0.983. The van der Waals surface area contributed by atoms with Crippen LogP contribution in [-0.2, 0) is 19.6 Å². The summed E-state index contributed by atoms with van der Waals surface area (Å²) in [5.74, 6) is -1.74. The predicted octanol–water partition coefficient (Wildman–Crippen LogP) is -0.821. The fourth-order valence-corrected chi connectivity index (χ4v) is 2.97. The van der Waals surface area contributed by atoms with E-state index in [1.807, 2.05) is 4.90 Å². The monoisotopic (exact) mass is 323 g/mol. The Balaban J connectivity index is 4.80. The van der Waals surface area contributed by atoms with E-state index in [2.05, 4.69) is 4.72 Å². The number of hydrogen-bond acceptors (Lipinski definition) is 5. The number of carboxylic acid groups (broad SMARTS) is 1. The lowest BCUT2D eigenvalue weighted by atomic mass is 10.3. The lowest BCUT2D eigenvalue weighted by Crippen LogP contribution is -2.50. The molecule has 0 saturated carbocycles. The zero-order valence-electron chi connectivity index (χ0n) is 13.0. The summed E-state index contributed by atoms with van der Waals surface area (Å²) in [6.45, 7) is 3.40. The van der Waals surface area contributed by atoms with Crippen molar-refractivity contribution in [3.05, 3.63) is 0 Å². The second kappa shape index (κ2) is 8.96. The van der Waals surface area contributed by atoms with Gasteiger partial charge < -0.3 is 14.9 Å². The van der Waals surface area contributed by atoms with Crippen molar-refractivity contribution >= 4 is 21.9 Å². The molecule has 0 rings (SSSR count). The third-order valence-corrected chi connectivity index (χ3v) is 4.31. The molecule has 0 aliphatic carbocycles. The highest BCUT2D eigenvalue weighted by Crippen LogP contribution is 1.99. The number of rotatable bonds is 10. The predicted molar refractivity (Wildman–Crippen MR) is 79.4 cm³/mol. The molecule has 0 aromatic heterocycles. The average Bonchev–Trinajstić information content (AvgIpc) is 2.32. The van der Waals surface area contributed by atoms with Crippen molar-refractivity contribution in [2.45, 2.75) is 26.3 Å². The lowest BCUT2D eigenvalue weighted by molar-refractivity contribution is -0.145. The third kappa shape index (κ3) is 8.64. The molecule has 2 N–H and O–H groups in total. The summed E-state index contributed by atoms with van der Waals surface area (Å²) in [5.41, 5.74) is 0. The van der Waals surface area contributed by atoms with Crippen molar-refractivity contribution in [1.82, 2.24) is 14.5 Å². The molecule has 0 bridgehead atoms. The summed E-state index contributed by atoms with van der Waals surface area (Å²) in [7, 11) is 0.0803. The first-order valence-corrected chi connectivity index (χ1v) is 8.39. The molecule has 0 spiro atoms. The maximum Gasteiger partial charge on any atom is 0.323 e. The Labute approximate surface area is 126 Å². The second-order valence-corrected chi connectivity index (χ2v) is 6.99. The molecule has 8 nitrogen and oxygen atoms in total. The fourth-order valence-electron chi connectivity index (χ4n) is 1.67. The van der Waals surface area contributed by atoms with Crippen LogP contribution in [0.3, 0.4) is 0 Å². The summed E-state index contributed by atoms with van der Waals surface area (Å²) in [6.07, 6.45) is 0.440. The molecule has 9 heteroatoms. The highest BCUT2D eigenvalue weighted by Gasteiger charge is 2.25. The fraction of sp³-hybridized carbons (Fsp3) is 0.833. The number of sulfonamides is 1. The first-order chi connectivity index (χ1) is 9.59. The normalized spacial score (nSPS) is 13.2. The molecule has 0 fully saturated rings. The van der Waals surface area contributed by atoms with Crippen molar-refractivity contribution in [2.24, 2.45) is 0 Å². The van der Waals surface area contributed by atoms with E-state index in [4.69, 9.17) is 5.11 Å². The van der Waals surface area contributed by atoms with Crippen LogP contribution in [0.2, 0.25) is 0 Å². The highest BCUT2D eigenvalue weighted by molar-refractivity contribution is 7.89. The number of nitrogens with one attached hydrogen (secondary N) is 1. The summed E-state index contributed by atoms with van der Waals surface area (Å²) in [4.78, 5) is 26.0. The lowest BCUT2D eigenvalue weighted by Gasteiger charge is -2.26. The maximum atomic E-state index is 12.2. The van der Waals surface area contributed by atoms with Gasteiger partial charge in [-0.3, -0.25) is 9.59 Å². The minimum atomic E-state index is -3.52. The van der Waals surface area contributed by atoms with Crippen molar-refractivity contribution in [3.8, 4) is 0 Å². The van der Waals surface area contributed by atoms with Gasteiger partial charge in [0.25, 0.3) is 0 Å². The molecule has 0 aliphatic rings. The molecule has 0 saturated heterocycles. The zero-order valence-corrected chi connectivity index (χ0v) is 13.8. The van der Waals surface area contributed by atoms with Crippen LogP contribution >= 0.6 is 0 Å². The summed E-state index contributed by atoms with van der Waals surface area (Å²) < 4.78 is 25.6. The smallest absolute Gasteiger partial charge is 0.323 e. The molecule has 0 aromatic rings. The Morgan fingerprint density at radius 1 is 1.24 bits per heavy atom. The molecule has 1 atom stereocenters. The van der Waals surface area contributed by atoms with Crippen LogP contribution in [0.15, 0.2) is 0 Å². The van der Waals surface area contributed by atoms with Crippen LogP contribution in [0.1, 0.15) is 20.3 Å². The summed E-state index contributed by atoms with van der Waals surface area (Å²) >= 11 is 0. The number of amides is 1. The number of carboxylic acids is 1. The van der Waals surface area contributed by atoms with Gasteiger partial charge in [-0.25, -0.2) is 13.1 Å². The Bertz CT molecular complexity index is 450. The number of nitrogens with zero attached hydrogens (tertiary/aromatic N) is 2. The van der Waals surface area contributed by atoms with Crippen molar-refractivity contribution in [2.75, 3.05) is 39.5 Å². The Morgan fingerprint density at radius 2 is 1.81 bits per heavy atom. The first kappa shape index (κ1) is 19.8. The second-order valence-electron chi connectivity index (χ2n) is 5.12. The molecule has 124 valence electrons. The minimum absolute atomic E-state index is 0.0682.